The predicted molar refractivity (Wildman–Crippen MR) is 92.5 cm³/mol. The molecular formula is C19H21ClO3. The van der Waals surface area contributed by atoms with Gasteiger partial charge in [0.15, 0.2) is 6.10 Å². The monoisotopic (exact) mass is 332 g/mol. The van der Waals surface area contributed by atoms with Crippen molar-refractivity contribution in [3.05, 3.63) is 64.2 Å². The number of para-hydroxylation sites is 1. The van der Waals surface area contributed by atoms with E-state index in [4.69, 9.17) is 16.3 Å². The Morgan fingerprint density at radius 3 is 2.52 bits per heavy atom. The Hall–Kier alpha value is -2.00. The average molecular weight is 333 g/mol. The number of ether oxygens (including phenoxy) is 1. The van der Waals surface area contributed by atoms with Crippen molar-refractivity contribution in [2.45, 2.75) is 39.2 Å². The summed E-state index contributed by atoms with van der Waals surface area (Å²) >= 11 is 6.12. The van der Waals surface area contributed by atoms with E-state index in [1.165, 1.54) is 0 Å². The maximum atomic E-state index is 11.6. The topological polar surface area (TPSA) is 46.5 Å². The maximum absolute atomic E-state index is 11.6. The van der Waals surface area contributed by atoms with Crippen LogP contribution in [0.1, 0.15) is 36.5 Å². The van der Waals surface area contributed by atoms with Crippen molar-refractivity contribution in [3.8, 4) is 5.75 Å². The molecule has 0 aliphatic carbocycles. The molecule has 0 heterocycles. The highest BCUT2D eigenvalue weighted by molar-refractivity contribution is 6.31. The van der Waals surface area contributed by atoms with Crippen LogP contribution >= 0.6 is 11.6 Å². The van der Waals surface area contributed by atoms with Gasteiger partial charge < -0.3 is 9.84 Å². The molecule has 2 rings (SSSR count). The van der Waals surface area contributed by atoms with Crippen molar-refractivity contribution < 1.29 is 14.6 Å². The van der Waals surface area contributed by atoms with Gasteiger partial charge in [-0.25, -0.2) is 4.79 Å². The van der Waals surface area contributed by atoms with Crippen LogP contribution in [0, 0.1) is 6.92 Å². The van der Waals surface area contributed by atoms with E-state index in [1.807, 2.05) is 43.3 Å². The Morgan fingerprint density at radius 2 is 1.87 bits per heavy atom. The smallest absolute Gasteiger partial charge is 0.345 e. The summed E-state index contributed by atoms with van der Waals surface area (Å²) in [5.41, 5.74) is 2.77. The largest absolute Gasteiger partial charge is 0.478 e. The first-order valence-electron chi connectivity index (χ1n) is 7.62. The lowest BCUT2D eigenvalue weighted by Gasteiger charge is -2.20. The van der Waals surface area contributed by atoms with Gasteiger partial charge in [0, 0.05) is 11.4 Å². The van der Waals surface area contributed by atoms with Crippen molar-refractivity contribution in [1.82, 2.24) is 0 Å². The quantitative estimate of drug-likeness (QED) is 0.822. The molecule has 23 heavy (non-hydrogen) atoms. The van der Waals surface area contributed by atoms with Gasteiger partial charge >= 0.3 is 5.97 Å². The van der Waals surface area contributed by atoms with E-state index < -0.39 is 12.1 Å². The molecule has 0 aromatic heterocycles. The minimum absolute atomic E-state index is 0.258. The molecular weight excluding hydrogens is 312 g/mol. The van der Waals surface area contributed by atoms with Crippen LogP contribution in [0.4, 0.5) is 0 Å². The van der Waals surface area contributed by atoms with Crippen LogP contribution in [0.15, 0.2) is 42.5 Å². The molecule has 0 saturated carbocycles. The van der Waals surface area contributed by atoms with E-state index in [9.17, 15) is 9.90 Å². The Labute approximate surface area is 141 Å². The van der Waals surface area contributed by atoms with Gasteiger partial charge in [-0.15, -0.1) is 0 Å². The lowest BCUT2D eigenvalue weighted by Crippen LogP contribution is -2.30. The molecule has 3 nitrogen and oxygen atoms in total. The molecule has 122 valence electrons. The highest BCUT2D eigenvalue weighted by atomic mass is 35.5. The average Bonchev–Trinajstić information content (AvgIpc) is 2.51. The van der Waals surface area contributed by atoms with E-state index in [2.05, 4.69) is 13.8 Å². The zero-order valence-corrected chi connectivity index (χ0v) is 14.3. The fourth-order valence-electron chi connectivity index (χ4n) is 2.47. The molecule has 4 heteroatoms. The molecule has 0 unspecified atom stereocenters. The van der Waals surface area contributed by atoms with Crippen LogP contribution < -0.4 is 4.74 Å². The number of carboxylic acid groups (broad SMARTS) is 1. The summed E-state index contributed by atoms with van der Waals surface area (Å²) in [6.07, 6.45) is -0.680. The number of carboxylic acids is 1. The number of rotatable bonds is 6. The molecule has 0 radical (unpaired) electrons. The van der Waals surface area contributed by atoms with Crippen LogP contribution in [-0.4, -0.2) is 17.2 Å². The standard InChI is InChI=1S/C19H21ClO3/c1-12(2)15-8-4-5-10-17(15)23-18(19(21)22)11-14-7-6-9-16(20)13(14)3/h4-10,12,18H,11H2,1-3H3,(H,21,22)/t18-/m1/s1. The third-order valence-corrected chi connectivity index (χ3v) is 4.28. The van der Waals surface area contributed by atoms with E-state index >= 15 is 0 Å². The third kappa shape index (κ3) is 4.26. The van der Waals surface area contributed by atoms with Gasteiger partial charge in [0.25, 0.3) is 0 Å². The van der Waals surface area contributed by atoms with E-state index in [0.717, 1.165) is 16.7 Å². The zero-order chi connectivity index (χ0) is 17.0. The minimum atomic E-state index is -0.983. The summed E-state index contributed by atoms with van der Waals surface area (Å²) in [4.78, 5) is 11.6. The van der Waals surface area contributed by atoms with Crippen LogP contribution in [0.2, 0.25) is 5.02 Å². The number of hydrogen-bond acceptors (Lipinski definition) is 2. The first kappa shape index (κ1) is 17.4. The molecule has 1 N–H and O–H groups in total. The highest BCUT2D eigenvalue weighted by Crippen LogP contribution is 2.28. The molecule has 0 bridgehead atoms. The second-order valence-corrected chi connectivity index (χ2v) is 6.27. The lowest BCUT2D eigenvalue weighted by atomic mass is 10.0. The molecule has 0 fully saturated rings. The van der Waals surface area contributed by atoms with Crippen LogP contribution in [0.5, 0.6) is 5.75 Å². The van der Waals surface area contributed by atoms with E-state index in [1.54, 1.807) is 6.07 Å². The van der Waals surface area contributed by atoms with Crippen LogP contribution in [0.25, 0.3) is 0 Å². The molecule has 0 spiro atoms. The fraction of sp³-hybridized carbons (Fsp3) is 0.316. The van der Waals surface area contributed by atoms with Gasteiger partial charge in [0.05, 0.1) is 0 Å². The van der Waals surface area contributed by atoms with Crippen molar-refractivity contribution in [3.63, 3.8) is 0 Å². The van der Waals surface area contributed by atoms with Crippen molar-refractivity contribution >= 4 is 17.6 Å². The second-order valence-electron chi connectivity index (χ2n) is 5.87. The number of benzene rings is 2. The molecule has 0 aliphatic rings. The number of hydrogen-bond donors (Lipinski definition) is 1. The third-order valence-electron chi connectivity index (χ3n) is 3.87. The van der Waals surface area contributed by atoms with Gasteiger partial charge in [-0.1, -0.05) is 55.8 Å². The Morgan fingerprint density at radius 1 is 1.17 bits per heavy atom. The Bertz CT molecular complexity index is 695. The predicted octanol–water partition coefficient (Wildman–Crippen LogP) is 4.85. The van der Waals surface area contributed by atoms with E-state index in [0.29, 0.717) is 10.8 Å². The van der Waals surface area contributed by atoms with Gasteiger partial charge in [-0.2, -0.15) is 0 Å². The van der Waals surface area contributed by atoms with Crippen molar-refractivity contribution in [1.29, 1.82) is 0 Å². The fourth-order valence-corrected chi connectivity index (χ4v) is 2.66. The normalized spacial score (nSPS) is 12.2. The minimum Gasteiger partial charge on any atom is -0.478 e. The lowest BCUT2D eigenvalue weighted by molar-refractivity contribution is -0.145. The summed E-state index contributed by atoms with van der Waals surface area (Å²) in [5.74, 6) is -0.105. The molecule has 2 aromatic rings. The molecule has 0 amide bonds. The van der Waals surface area contributed by atoms with Crippen LogP contribution in [0.3, 0.4) is 0 Å². The number of carbonyl (C=O) groups is 1. The van der Waals surface area contributed by atoms with Crippen molar-refractivity contribution in [2.75, 3.05) is 0 Å². The summed E-state index contributed by atoms with van der Waals surface area (Å²) < 4.78 is 5.82. The maximum Gasteiger partial charge on any atom is 0.345 e. The summed E-state index contributed by atoms with van der Waals surface area (Å²) in [6, 6.07) is 13.1. The van der Waals surface area contributed by atoms with Gasteiger partial charge in [0.2, 0.25) is 0 Å². The second kappa shape index (κ2) is 7.51. The van der Waals surface area contributed by atoms with Crippen LogP contribution in [-0.2, 0) is 11.2 Å². The van der Waals surface area contributed by atoms with Crippen molar-refractivity contribution in [2.24, 2.45) is 0 Å². The van der Waals surface area contributed by atoms with E-state index in [-0.39, 0.29) is 12.3 Å². The molecule has 0 saturated heterocycles. The molecule has 0 aliphatic heterocycles. The number of halogens is 1. The summed E-state index contributed by atoms with van der Waals surface area (Å²) in [7, 11) is 0. The van der Waals surface area contributed by atoms with Gasteiger partial charge in [-0.05, 0) is 41.7 Å². The summed E-state index contributed by atoms with van der Waals surface area (Å²) in [5, 5.41) is 10.2. The zero-order valence-electron chi connectivity index (χ0n) is 13.5. The summed E-state index contributed by atoms with van der Waals surface area (Å²) in [6.45, 7) is 6.00. The molecule has 2 aromatic carbocycles. The highest BCUT2D eigenvalue weighted by Gasteiger charge is 2.23. The Balaban J connectivity index is 2.27. The first-order chi connectivity index (χ1) is 10.9. The van der Waals surface area contributed by atoms with Gasteiger partial charge in [0.1, 0.15) is 5.75 Å². The number of aliphatic carboxylic acids is 1. The SMILES string of the molecule is Cc1c(Cl)cccc1C[C@@H](Oc1ccccc1C(C)C)C(=O)O. The van der Waals surface area contributed by atoms with Gasteiger partial charge in [-0.3, -0.25) is 0 Å². The molecule has 1 atom stereocenters. The first-order valence-corrected chi connectivity index (χ1v) is 8.00. The Kier molecular flexibility index (Phi) is 5.67.